The maximum atomic E-state index is 13.3. The molecule has 0 aliphatic carbocycles. The van der Waals surface area contributed by atoms with Crippen LogP contribution in [0.5, 0.6) is 0 Å². The number of esters is 1. The monoisotopic (exact) mass is 287 g/mol. The molecule has 0 heterocycles. The first-order valence-corrected chi connectivity index (χ1v) is 4.47. The summed E-state index contributed by atoms with van der Waals surface area (Å²) < 4.78 is 54.3. The van der Waals surface area contributed by atoms with E-state index < -0.39 is 29.6 Å². The summed E-state index contributed by atoms with van der Waals surface area (Å²) in [7, 11) is 1.05. The third-order valence-corrected chi connectivity index (χ3v) is 2.12. The Kier molecular flexibility index (Phi) is 5.56. The number of nitrogens with two attached hydrogens (primary N) is 1. The first-order chi connectivity index (χ1) is 7.77. The van der Waals surface area contributed by atoms with E-state index in [9.17, 15) is 22.4 Å². The Bertz CT molecular complexity index is 436. The second kappa shape index (κ2) is 6.01. The minimum absolute atomic E-state index is 0. The minimum atomic E-state index is -4.64. The Labute approximate surface area is 106 Å². The summed E-state index contributed by atoms with van der Waals surface area (Å²) in [5.41, 5.74) is 3.83. The van der Waals surface area contributed by atoms with Crippen molar-refractivity contribution < 1.29 is 27.1 Å². The predicted molar refractivity (Wildman–Crippen MR) is 57.6 cm³/mol. The van der Waals surface area contributed by atoms with Crippen molar-refractivity contribution in [3.05, 3.63) is 35.1 Å². The number of carbonyl (C=O) groups is 1. The molecular formula is C10H10ClF4NO2. The Balaban J connectivity index is 0.00000289. The molecule has 0 fully saturated rings. The Hall–Kier alpha value is -1.34. The van der Waals surface area contributed by atoms with Gasteiger partial charge in [0.15, 0.2) is 0 Å². The van der Waals surface area contributed by atoms with Crippen molar-refractivity contribution in [2.24, 2.45) is 5.73 Å². The maximum absolute atomic E-state index is 13.3. The van der Waals surface area contributed by atoms with E-state index in [-0.39, 0.29) is 24.0 Å². The van der Waals surface area contributed by atoms with Crippen molar-refractivity contribution in [2.45, 2.75) is 12.2 Å². The summed E-state index contributed by atoms with van der Waals surface area (Å²) in [6.07, 6.45) is -4.64. The topological polar surface area (TPSA) is 52.3 Å². The predicted octanol–water partition coefficient (Wildman–Crippen LogP) is 2.44. The van der Waals surface area contributed by atoms with Gasteiger partial charge >= 0.3 is 12.1 Å². The molecule has 0 amide bonds. The molecule has 0 saturated heterocycles. The molecule has 0 aliphatic rings. The van der Waals surface area contributed by atoms with E-state index in [0.717, 1.165) is 13.2 Å². The van der Waals surface area contributed by atoms with Crippen LogP contribution in [0, 0.1) is 5.82 Å². The zero-order valence-electron chi connectivity index (χ0n) is 9.12. The van der Waals surface area contributed by atoms with Crippen molar-refractivity contribution in [1.29, 1.82) is 0 Å². The highest BCUT2D eigenvalue weighted by Gasteiger charge is 2.32. The molecule has 8 heteroatoms. The lowest BCUT2D eigenvalue weighted by Gasteiger charge is -2.12. The van der Waals surface area contributed by atoms with E-state index in [1.807, 2.05) is 0 Å². The van der Waals surface area contributed by atoms with E-state index in [1.165, 1.54) is 0 Å². The maximum Gasteiger partial charge on any atom is 0.416 e. The van der Waals surface area contributed by atoms with Crippen LogP contribution in [0.1, 0.15) is 17.2 Å². The zero-order valence-corrected chi connectivity index (χ0v) is 9.94. The van der Waals surface area contributed by atoms with Crippen molar-refractivity contribution >= 4 is 18.4 Å². The standard InChI is InChI=1S/C10H9F4NO2.ClH/c1-17-9(16)8(15)6-3-2-5(4-7(6)11)10(12,13)14;/h2-4,8H,15H2,1H3;1H/t8-;/m1./s1. The lowest BCUT2D eigenvalue weighted by molar-refractivity contribution is -0.142. The largest absolute Gasteiger partial charge is 0.468 e. The van der Waals surface area contributed by atoms with Gasteiger partial charge in [-0.3, -0.25) is 4.79 Å². The molecule has 102 valence electrons. The van der Waals surface area contributed by atoms with Gasteiger partial charge in [0.05, 0.1) is 12.7 Å². The molecule has 3 nitrogen and oxygen atoms in total. The number of rotatable bonds is 2. The van der Waals surface area contributed by atoms with E-state index in [0.29, 0.717) is 6.07 Å². The van der Waals surface area contributed by atoms with Crippen molar-refractivity contribution in [3.8, 4) is 0 Å². The normalized spacial score (nSPS) is 12.6. The van der Waals surface area contributed by atoms with Crippen molar-refractivity contribution in [3.63, 3.8) is 0 Å². The van der Waals surface area contributed by atoms with Crippen LogP contribution < -0.4 is 5.73 Å². The Morgan fingerprint density at radius 2 is 1.94 bits per heavy atom. The highest BCUT2D eigenvalue weighted by Crippen LogP contribution is 2.31. The number of benzene rings is 1. The van der Waals surface area contributed by atoms with Crippen LogP contribution in [0.3, 0.4) is 0 Å². The van der Waals surface area contributed by atoms with Crippen LogP contribution in [0.15, 0.2) is 18.2 Å². The highest BCUT2D eigenvalue weighted by molar-refractivity contribution is 5.85. The number of alkyl halides is 3. The molecule has 1 rings (SSSR count). The molecular weight excluding hydrogens is 278 g/mol. The Morgan fingerprint density at radius 3 is 2.33 bits per heavy atom. The zero-order chi connectivity index (χ0) is 13.2. The second-order valence-electron chi connectivity index (χ2n) is 3.23. The molecule has 1 aromatic carbocycles. The van der Waals surface area contributed by atoms with E-state index in [2.05, 4.69) is 4.74 Å². The summed E-state index contributed by atoms with van der Waals surface area (Å²) in [4.78, 5) is 11.0. The fourth-order valence-electron chi connectivity index (χ4n) is 1.21. The van der Waals surface area contributed by atoms with Gasteiger partial charge < -0.3 is 10.5 Å². The SMILES string of the molecule is COC(=O)[C@H](N)c1ccc(C(F)(F)F)cc1F.Cl. The van der Waals surface area contributed by atoms with Crippen LogP contribution in [-0.4, -0.2) is 13.1 Å². The van der Waals surface area contributed by atoms with Gasteiger partial charge in [-0.1, -0.05) is 6.07 Å². The van der Waals surface area contributed by atoms with Gasteiger partial charge in [0.1, 0.15) is 11.9 Å². The number of carbonyl (C=O) groups excluding carboxylic acids is 1. The first-order valence-electron chi connectivity index (χ1n) is 4.47. The number of hydrogen-bond acceptors (Lipinski definition) is 3. The average Bonchev–Trinajstić information content (AvgIpc) is 2.25. The molecule has 0 unspecified atom stereocenters. The smallest absolute Gasteiger partial charge is 0.416 e. The fraction of sp³-hybridized carbons (Fsp3) is 0.300. The molecule has 2 N–H and O–H groups in total. The molecule has 18 heavy (non-hydrogen) atoms. The van der Waals surface area contributed by atoms with Crippen LogP contribution in [0.4, 0.5) is 17.6 Å². The van der Waals surface area contributed by atoms with Gasteiger partial charge in [-0.05, 0) is 12.1 Å². The number of methoxy groups -OCH3 is 1. The summed E-state index contributed by atoms with van der Waals surface area (Å²) in [6, 6.07) is 0.321. The van der Waals surface area contributed by atoms with Crippen LogP contribution in [0.25, 0.3) is 0 Å². The summed E-state index contributed by atoms with van der Waals surface area (Å²) in [5, 5.41) is 0. The minimum Gasteiger partial charge on any atom is -0.468 e. The van der Waals surface area contributed by atoms with Gasteiger partial charge in [-0.2, -0.15) is 13.2 Å². The molecule has 0 aliphatic heterocycles. The van der Waals surface area contributed by atoms with E-state index in [1.54, 1.807) is 0 Å². The highest BCUT2D eigenvalue weighted by atomic mass is 35.5. The van der Waals surface area contributed by atoms with Gasteiger partial charge in [-0.15, -0.1) is 12.4 Å². The Morgan fingerprint density at radius 1 is 1.39 bits per heavy atom. The molecule has 0 saturated carbocycles. The number of hydrogen-bond donors (Lipinski definition) is 1. The second-order valence-corrected chi connectivity index (χ2v) is 3.23. The fourth-order valence-corrected chi connectivity index (χ4v) is 1.21. The average molecular weight is 288 g/mol. The molecule has 1 aromatic rings. The molecule has 0 bridgehead atoms. The molecule has 0 spiro atoms. The van der Waals surface area contributed by atoms with Crippen LogP contribution in [-0.2, 0) is 15.7 Å². The quantitative estimate of drug-likeness (QED) is 0.671. The summed E-state index contributed by atoms with van der Waals surface area (Å²) in [6.45, 7) is 0. The lowest BCUT2D eigenvalue weighted by atomic mass is 10.0. The third-order valence-electron chi connectivity index (χ3n) is 2.12. The summed E-state index contributed by atoms with van der Waals surface area (Å²) in [5.74, 6) is -2.12. The lowest BCUT2D eigenvalue weighted by Crippen LogP contribution is -2.24. The third kappa shape index (κ3) is 3.58. The van der Waals surface area contributed by atoms with Gasteiger partial charge in [0, 0.05) is 5.56 Å². The van der Waals surface area contributed by atoms with Crippen LogP contribution in [0.2, 0.25) is 0 Å². The van der Waals surface area contributed by atoms with E-state index in [4.69, 9.17) is 5.73 Å². The first kappa shape index (κ1) is 16.7. The van der Waals surface area contributed by atoms with Gasteiger partial charge in [0.2, 0.25) is 0 Å². The summed E-state index contributed by atoms with van der Waals surface area (Å²) >= 11 is 0. The van der Waals surface area contributed by atoms with Crippen LogP contribution >= 0.6 is 12.4 Å². The van der Waals surface area contributed by atoms with Crippen molar-refractivity contribution in [2.75, 3.05) is 7.11 Å². The number of ether oxygens (including phenoxy) is 1. The van der Waals surface area contributed by atoms with Crippen molar-refractivity contribution in [1.82, 2.24) is 0 Å². The van der Waals surface area contributed by atoms with E-state index >= 15 is 0 Å². The number of halogens is 5. The van der Waals surface area contributed by atoms with Gasteiger partial charge in [0.25, 0.3) is 0 Å². The molecule has 0 aromatic heterocycles. The van der Waals surface area contributed by atoms with Gasteiger partial charge in [-0.25, -0.2) is 4.39 Å². The molecule has 0 radical (unpaired) electrons. The molecule has 1 atom stereocenters.